The van der Waals surface area contributed by atoms with E-state index in [1.807, 2.05) is 6.07 Å². The third-order valence-corrected chi connectivity index (χ3v) is 5.46. The van der Waals surface area contributed by atoms with Crippen LogP contribution in [0.1, 0.15) is 43.7 Å². The summed E-state index contributed by atoms with van der Waals surface area (Å²) in [5.74, 6) is -0.0658. The molecule has 0 spiro atoms. The third-order valence-electron chi connectivity index (χ3n) is 5.46. The lowest BCUT2D eigenvalue weighted by atomic mass is 9.91. The van der Waals surface area contributed by atoms with E-state index >= 15 is 0 Å². The van der Waals surface area contributed by atoms with Crippen molar-refractivity contribution in [2.75, 3.05) is 0 Å². The van der Waals surface area contributed by atoms with Gasteiger partial charge >= 0.3 is 5.69 Å². The van der Waals surface area contributed by atoms with Gasteiger partial charge in [-0.25, -0.2) is 13.9 Å². The minimum Gasteiger partial charge on any atom is -0.349 e. The van der Waals surface area contributed by atoms with Gasteiger partial charge in [0.2, 0.25) is 5.91 Å². The smallest absolute Gasteiger partial charge is 0.349 e. The van der Waals surface area contributed by atoms with Crippen molar-refractivity contribution in [2.24, 2.45) is 5.92 Å². The summed E-state index contributed by atoms with van der Waals surface area (Å²) >= 11 is 0. The van der Waals surface area contributed by atoms with Gasteiger partial charge in [0.25, 0.3) is 0 Å². The summed E-state index contributed by atoms with van der Waals surface area (Å²) in [5, 5.41) is 7.36. The van der Waals surface area contributed by atoms with Gasteiger partial charge < -0.3 is 5.32 Å². The molecule has 0 saturated heterocycles. The first-order valence-electron chi connectivity index (χ1n) is 9.71. The molecule has 1 N–H and O–H groups in total. The average Bonchev–Trinajstić information content (AvgIpc) is 3.34. The Labute approximate surface area is 162 Å². The number of carbonyl (C=O) groups excluding carboxylic acids is 1. The van der Waals surface area contributed by atoms with Crippen molar-refractivity contribution in [1.29, 1.82) is 0 Å². The lowest BCUT2D eigenvalue weighted by molar-refractivity contribution is -0.122. The molecule has 7 heteroatoms. The van der Waals surface area contributed by atoms with Crippen LogP contribution in [0.3, 0.4) is 0 Å². The fraction of sp³-hybridized carbons (Fsp3) is 0.381. The summed E-state index contributed by atoms with van der Waals surface area (Å²) in [4.78, 5) is 24.9. The number of carbonyl (C=O) groups is 1. The fourth-order valence-corrected chi connectivity index (χ4v) is 4.00. The van der Waals surface area contributed by atoms with E-state index in [-0.39, 0.29) is 36.4 Å². The van der Waals surface area contributed by atoms with E-state index in [4.69, 9.17) is 0 Å². The minimum atomic E-state index is -0.286. The lowest BCUT2D eigenvalue weighted by Gasteiger charge is -2.25. The normalized spacial score (nSPS) is 15.8. The number of amides is 1. The van der Waals surface area contributed by atoms with Crippen molar-refractivity contribution in [3.63, 3.8) is 0 Å². The highest BCUT2D eigenvalue weighted by Gasteiger charge is 2.27. The number of fused-ring (bicyclic) bond motifs is 1. The maximum absolute atomic E-state index is 13.3. The van der Waals surface area contributed by atoms with Crippen LogP contribution in [0.4, 0.5) is 4.39 Å². The monoisotopic (exact) mass is 382 g/mol. The Kier molecular flexibility index (Phi) is 5.23. The second-order valence-corrected chi connectivity index (χ2v) is 7.33. The van der Waals surface area contributed by atoms with E-state index < -0.39 is 0 Å². The average molecular weight is 382 g/mol. The molecule has 2 heterocycles. The van der Waals surface area contributed by atoms with Crippen LogP contribution in [0, 0.1) is 11.7 Å². The summed E-state index contributed by atoms with van der Waals surface area (Å²) in [6, 6.07) is 11.5. The van der Waals surface area contributed by atoms with Crippen LogP contribution >= 0.6 is 0 Å². The van der Waals surface area contributed by atoms with E-state index in [1.54, 1.807) is 30.5 Å². The highest BCUT2D eigenvalue weighted by atomic mass is 19.1. The van der Waals surface area contributed by atoms with E-state index in [1.165, 1.54) is 21.2 Å². The molecule has 1 amide bonds. The third kappa shape index (κ3) is 3.83. The Balaban J connectivity index is 1.45. The Bertz CT molecular complexity index is 1020. The number of aromatic nitrogens is 3. The molecule has 4 rings (SSSR count). The summed E-state index contributed by atoms with van der Waals surface area (Å²) in [5.41, 5.74) is 1.23. The van der Waals surface area contributed by atoms with Gasteiger partial charge in [-0.15, -0.1) is 5.10 Å². The fourth-order valence-electron chi connectivity index (χ4n) is 4.00. The molecule has 1 aliphatic rings. The van der Waals surface area contributed by atoms with Gasteiger partial charge in [0, 0.05) is 12.6 Å². The SMILES string of the molecule is O=C(CCn1nc2ccccn2c1=O)NC(c1ccc(F)cc1)C1CCCC1. The van der Waals surface area contributed by atoms with Crippen LogP contribution in [0.15, 0.2) is 53.5 Å². The van der Waals surface area contributed by atoms with Gasteiger partial charge in [-0.1, -0.05) is 31.0 Å². The van der Waals surface area contributed by atoms with Crippen LogP contribution < -0.4 is 11.0 Å². The van der Waals surface area contributed by atoms with Gasteiger partial charge in [-0.05, 0) is 48.6 Å². The van der Waals surface area contributed by atoms with Gasteiger partial charge in [0.05, 0.1) is 12.6 Å². The molecule has 0 radical (unpaired) electrons. The summed E-state index contributed by atoms with van der Waals surface area (Å²) in [7, 11) is 0. The molecule has 1 aromatic carbocycles. The molecule has 6 nitrogen and oxygen atoms in total. The first-order valence-corrected chi connectivity index (χ1v) is 9.71. The van der Waals surface area contributed by atoms with Crippen molar-refractivity contribution >= 4 is 11.6 Å². The molecule has 1 unspecified atom stereocenters. The van der Waals surface area contributed by atoms with Crippen molar-refractivity contribution < 1.29 is 9.18 Å². The summed E-state index contributed by atoms with van der Waals surface area (Å²) < 4.78 is 16.1. The zero-order valence-electron chi connectivity index (χ0n) is 15.6. The molecule has 0 bridgehead atoms. The first-order chi connectivity index (χ1) is 13.6. The Morgan fingerprint density at radius 1 is 1.18 bits per heavy atom. The number of rotatable bonds is 6. The van der Waals surface area contributed by atoms with E-state index in [0.717, 1.165) is 31.2 Å². The molecule has 28 heavy (non-hydrogen) atoms. The van der Waals surface area contributed by atoms with Gasteiger partial charge in [-0.2, -0.15) is 0 Å². The van der Waals surface area contributed by atoms with Crippen LogP contribution in [0.5, 0.6) is 0 Å². The quantitative estimate of drug-likeness (QED) is 0.712. The highest BCUT2D eigenvalue weighted by molar-refractivity contribution is 5.76. The molecular formula is C21H23FN4O2. The molecule has 1 atom stereocenters. The van der Waals surface area contributed by atoms with Gasteiger partial charge in [0.1, 0.15) is 5.82 Å². The Morgan fingerprint density at radius 2 is 1.93 bits per heavy atom. The molecular weight excluding hydrogens is 359 g/mol. The van der Waals surface area contributed by atoms with Gasteiger partial charge in [0.15, 0.2) is 5.65 Å². The maximum atomic E-state index is 13.3. The van der Waals surface area contributed by atoms with E-state index in [0.29, 0.717) is 11.6 Å². The zero-order valence-corrected chi connectivity index (χ0v) is 15.6. The second-order valence-electron chi connectivity index (χ2n) is 7.33. The number of pyridine rings is 1. The number of aryl methyl sites for hydroxylation is 1. The van der Waals surface area contributed by atoms with Crippen molar-refractivity contribution in [3.8, 4) is 0 Å². The molecule has 2 aromatic heterocycles. The molecule has 1 saturated carbocycles. The Morgan fingerprint density at radius 3 is 2.64 bits per heavy atom. The largest absolute Gasteiger partial charge is 0.350 e. The minimum absolute atomic E-state index is 0.131. The molecule has 1 aliphatic carbocycles. The van der Waals surface area contributed by atoms with Crippen LogP contribution in [-0.2, 0) is 11.3 Å². The standard InChI is InChI=1S/C21H23FN4O2/c22-17-10-8-16(9-11-17)20(15-5-1-2-6-15)23-19(27)12-14-26-21(28)25-13-4-3-7-18(25)24-26/h3-4,7-11,13,15,20H,1-2,5-6,12,14H2,(H,23,27). The second kappa shape index (κ2) is 7.96. The number of hydrogen-bond donors (Lipinski definition) is 1. The predicted molar refractivity (Wildman–Crippen MR) is 103 cm³/mol. The molecule has 146 valence electrons. The topological polar surface area (TPSA) is 68.4 Å². The maximum Gasteiger partial charge on any atom is 0.350 e. The van der Waals surface area contributed by atoms with Crippen molar-refractivity contribution in [1.82, 2.24) is 19.5 Å². The molecule has 0 aliphatic heterocycles. The van der Waals surface area contributed by atoms with Crippen LogP contribution in [0.25, 0.3) is 5.65 Å². The summed E-state index contributed by atoms with van der Waals surface area (Å²) in [6.45, 7) is 0.215. The number of hydrogen-bond acceptors (Lipinski definition) is 3. The van der Waals surface area contributed by atoms with Crippen molar-refractivity contribution in [3.05, 3.63) is 70.5 Å². The number of nitrogens with one attached hydrogen (secondary N) is 1. The summed E-state index contributed by atoms with van der Waals surface area (Å²) in [6.07, 6.45) is 6.21. The first kappa shape index (κ1) is 18.4. The Hall–Kier alpha value is -2.96. The van der Waals surface area contributed by atoms with Gasteiger partial charge in [-0.3, -0.25) is 9.20 Å². The van der Waals surface area contributed by atoms with E-state index in [9.17, 15) is 14.0 Å². The van der Waals surface area contributed by atoms with Crippen molar-refractivity contribution in [2.45, 2.75) is 44.7 Å². The highest BCUT2D eigenvalue weighted by Crippen LogP contribution is 2.35. The van der Waals surface area contributed by atoms with E-state index in [2.05, 4.69) is 10.4 Å². The zero-order chi connectivity index (χ0) is 19.5. The lowest BCUT2D eigenvalue weighted by Crippen LogP contribution is -2.34. The number of nitrogens with zero attached hydrogens (tertiary/aromatic N) is 3. The predicted octanol–water partition coefficient (Wildman–Crippen LogP) is 3.07. The van der Waals surface area contributed by atoms with Crippen LogP contribution in [-0.4, -0.2) is 20.1 Å². The molecule has 1 fully saturated rings. The van der Waals surface area contributed by atoms with Crippen LogP contribution in [0.2, 0.25) is 0 Å². The number of halogens is 1. The molecule has 3 aromatic rings. The number of benzene rings is 1.